The average molecular weight is 480 g/mol. The quantitative estimate of drug-likeness (QED) is 0.176. The Morgan fingerprint density at radius 2 is 1.58 bits per heavy atom. The molecule has 3 nitrogen and oxygen atoms in total. The maximum absolute atomic E-state index is 14.1. The van der Waals surface area contributed by atoms with Gasteiger partial charge < -0.3 is 0 Å². The van der Waals surface area contributed by atoms with E-state index in [1.807, 2.05) is 30.3 Å². The fourth-order valence-electron chi connectivity index (χ4n) is 3.57. The molecule has 170 valence electrons. The van der Waals surface area contributed by atoms with Crippen LogP contribution in [0, 0.1) is 0 Å². The number of Topliss-reactive ketones (excluding diaryl/α,β-unsaturated/α-hetero) is 1. The van der Waals surface area contributed by atoms with Gasteiger partial charge in [-0.1, -0.05) is 30.3 Å². The molecule has 0 atom stereocenters. The zero-order valence-electron chi connectivity index (χ0n) is 16.7. The van der Waals surface area contributed by atoms with Crippen LogP contribution < -0.4 is 0 Å². The summed E-state index contributed by atoms with van der Waals surface area (Å²) < 4.78 is 82.0. The minimum absolute atomic E-state index is 0.0587. The fourth-order valence-corrected chi connectivity index (χ4v) is 4.54. The van der Waals surface area contributed by atoms with Crippen LogP contribution in [0.25, 0.3) is 21.8 Å². The SMILES string of the molecule is O=C(c1cc2c(C(F)(F)F)c(CSCc3ccccc3)cnc2c2cccnc12)C(F)(F)F. The zero-order chi connectivity index (χ0) is 23.8. The number of aromatic nitrogens is 2. The van der Waals surface area contributed by atoms with E-state index in [2.05, 4.69) is 9.97 Å². The normalized spacial score (nSPS) is 12.4. The van der Waals surface area contributed by atoms with Gasteiger partial charge in [0.25, 0.3) is 5.78 Å². The number of pyridine rings is 2. The minimum atomic E-state index is -5.27. The second kappa shape index (κ2) is 8.66. The Balaban J connectivity index is 1.89. The molecule has 4 aromatic rings. The molecule has 0 saturated heterocycles. The predicted octanol–water partition coefficient (Wildman–Crippen LogP) is 6.98. The molecule has 10 heteroatoms. The summed E-state index contributed by atoms with van der Waals surface area (Å²) in [7, 11) is 0. The first-order valence-corrected chi connectivity index (χ1v) is 10.7. The van der Waals surface area contributed by atoms with Crippen LogP contribution in [0.1, 0.15) is 27.0 Å². The summed E-state index contributed by atoms with van der Waals surface area (Å²) >= 11 is 1.22. The van der Waals surface area contributed by atoms with E-state index in [9.17, 15) is 31.1 Å². The van der Waals surface area contributed by atoms with Gasteiger partial charge in [-0.15, -0.1) is 0 Å². The number of alkyl halides is 6. The number of halogens is 6. The van der Waals surface area contributed by atoms with Crippen LogP contribution in [0.4, 0.5) is 26.3 Å². The molecule has 0 aliphatic heterocycles. The highest BCUT2D eigenvalue weighted by Crippen LogP contribution is 2.41. The van der Waals surface area contributed by atoms with Crippen LogP contribution in [0.2, 0.25) is 0 Å². The van der Waals surface area contributed by atoms with Crippen molar-refractivity contribution in [3.8, 4) is 0 Å². The van der Waals surface area contributed by atoms with Gasteiger partial charge in [0.15, 0.2) is 0 Å². The summed E-state index contributed by atoms with van der Waals surface area (Å²) in [5, 5.41) is -0.620. The minimum Gasteiger partial charge on any atom is -0.284 e. The highest BCUT2D eigenvalue weighted by Gasteiger charge is 2.42. The number of fused-ring (bicyclic) bond motifs is 3. The van der Waals surface area contributed by atoms with E-state index in [1.165, 1.54) is 30.1 Å². The third-order valence-corrected chi connectivity index (χ3v) is 6.01. The van der Waals surface area contributed by atoms with Crippen LogP contribution >= 0.6 is 11.8 Å². The molecular weight excluding hydrogens is 466 g/mol. The van der Waals surface area contributed by atoms with E-state index in [-0.39, 0.29) is 27.7 Å². The van der Waals surface area contributed by atoms with Gasteiger partial charge in [-0.3, -0.25) is 14.8 Å². The lowest BCUT2D eigenvalue weighted by Crippen LogP contribution is -2.23. The summed E-state index contributed by atoms with van der Waals surface area (Å²) in [5.41, 5.74) is -1.81. The Kier molecular flexibility index (Phi) is 6.04. The fraction of sp³-hybridized carbons (Fsp3) is 0.174. The summed E-state index contributed by atoms with van der Waals surface area (Å²) in [6.07, 6.45) is -7.90. The van der Waals surface area contributed by atoms with Gasteiger partial charge in [0.2, 0.25) is 0 Å². The smallest absolute Gasteiger partial charge is 0.284 e. The van der Waals surface area contributed by atoms with Gasteiger partial charge in [-0.25, -0.2) is 0 Å². The molecular formula is C23H14F6N2OS. The Morgan fingerprint density at radius 1 is 0.848 bits per heavy atom. The molecule has 0 aliphatic rings. The second-order valence-electron chi connectivity index (χ2n) is 7.18. The monoisotopic (exact) mass is 480 g/mol. The second-order valence-corrected chi connectivity index (χ2v) is 8.17. The lowest BCUT2D eigenvalue weighted by atomic mass is 9.96. The maximum Gasteiger partial charge on any atom is 0.454 e. The molecule has 0 spiro atoms. The third kappa shape index (κ3) is 4.66. The number of rotatable bonds is 5. The van der Waals surface area contributed by atoms with Gasteiger partial charge in [0, 0.05) is 34.7 Å². The first-order chi connectivity index (χ1) is 15.6. The highest BCUT2D eigenvalue weighted by atomic mass is 32.2. The predicted molar refractivity (Wildman–Crippen MR) is 114 cm³/mol. The summed E-state index contributed by atoms with van der Waals surface area (Å²) in [4.78, 5) is 20.0. The van der Waals surface area contributed by atoms with Gasteiger partial charge in [0.05, 0.1) is 22.2 Å². The van der Waals surface area contributed by atoms with E-state index < -0.39 is 34.6 Å². The molecule has 0 fully saturated rings. The van der Waals surface area contributed by atoms with Crippen LogP contribution in [0.3, 0.4) is 0 Å². The van der Waals surface area contributed by atoms with E-state index in [1.54, 1.807) is 0 Å². The van der Waals surface area contributed by atoms with E-state index >= 15 is 0 Å². The van der Waals surface area contributed by atoms with E-state index in [4.69, 9.17) is 0 Å². The first kappa shape index (κ1) is 23.0. The van der Waals surface area contributed by atoms with Gasteiger partial charge in [0.1, 0.15) is 0 Å². The first-order valence-electron chi connectivity index (χ1n) is 9.57. The van der Waals surface area contributed by atoms with Crippen LogP contribution in [0.15, 0.2) is 60.9 Å². The van der Waals surface area contributed by atoms with Gasteiger partial charge in [-0.2, -0.15) is 38.1 Å². The van der Waals surface area contributed by atoms with E-state index in [0.717, 1.165) is 11.8 Å². The van der Waals surface area contributed by atoms with Crippen molar-refractivity contribution in [1.29, 1.82) is 0 Å². The van der Waals surface area contributed by atoms with Crippen molar-refractivity contribution in [2.24, 2.45) is 0 Å². The molecule has 0 radical (unpaired) electrons. The van der Waals surface area contributed by atoms with Crippen molar-refractivity contribution in [1.82, 2.24) is 9.97 Å². The van der Waals surface area contributed by atoms with Crippen molar-refractivity contribution in [2.45, 2.75) is 23.9 Å². The Hall–Kier alpha value is -3.14. The van der Waals surface area contributed by atoms with Crippen molar-refractivity contribution < 1.29 is 31.1 Å². The number of carbonyl (C=O) groups excluding carboxylic acids is 1. The highest BCUT2D eigenvalue weighted by molar-refractivity contribution is 7.97. The zero-order valence-corrected chi connectivity index (χ0v) is 17.5. The molecule has 0 saturated carbocycles. The number of hydrogen-bond acceptors (Lipinski definition) is 4. The van der Waals surface area contributed by atoms with Crippen molar-refractivity contribution in [3.05, 3.63) is 83.2 Å². The molecule has 0 bridgehead atoms. The summed E-state index contributed by atoms with van der Waals surface area (Å²) in [6, 6.07) is 12.4. The molecule has 33 heavy (non-hydrogen) atoms. The number of thioether (sulfide) groups is 1. The van der Waals surface area contributed by atoms with Crippen molar-refractivity contribution in [3.63, 3.8) is 0 Å². The average Bonchev–Trinajstić information content (AvgIpc) is 2.77. The van der Waals surface area contributed by atoms with Crippen LogP contribution in [-0.4, -0.2) is 21.9 Å². The summed E-state index contributed by atoms with van der Waals surface area (Å²) in [6.45, 7) is 0. The van der Waals surface area contributed by atoms with E-state index in [0.29, 0.717) is 11.8 Å². The van der Waals surface area contributed by atoms with Crippen LogP contribution in [-0.2, 0) is 17.7 Å². The van der Waals surface area contributed by atoms with Crippen LogP contribution in [0.5, 0.6) is 0 Å². The van der Waals surface area contributed by atoms with Gasteiger partial charge in [-0.05, 0) is 29.3 Å². The number of benzene rings is 2. The largest absolute Gasteiger partial charge is 0.454 e. The lowest BCUT2D eigenvalue weighted by Gasteiger charge is -2.17. The molecule has 0 amide bonds. The molecule has 0 N–H and O–H groups in total. The van der Waals surface area contributed by atoms with Crippen molar-refractivity contribution in [2.75, 3.05) is 0 Å². The number of hydrogen-bond donors (Lipinski definition) is 0. The third-order valence-electron chi connectivity index (χ3n) is 4.96. The molecule has 2 aromatic carbocycles. The maximum atomic E-state index is 14.1. The Labute approximate surface area is 187 Å². The van der Waals surface area contributed by atoms with Crippen molar-refractivity contribution >= 4 is 39.4 Å². The lowest BCUT2D eigenvalue weighted by molar-refractivity contribution is -0.136. The molecule has 0 unspecified atom stereocenters. The summed E-state index contributed by atoms with van der Waals surface area (Å²) in [5.74, 6) is -1.89. The standard InChI is InChI=1S/C23H14F6N2OS/c24-22(25,26)18-14(12-33-11-13-5-2-1-3-6-13)10-31-19-15-7-4-8-30-20(15)17(9-16(18)19)21(32)23(27,28)29/h1-10H,11-12H2. The molecule has 4 rings (SSSR count). The Morgan fingerprint density at radius 3 is 2.24 bits per heavy atom. The number of ketones is 1. The molecule has 2 heterocycles. The Bertz CT molecular complexity index is 1340. The molecule has 2 aromatic heterocycles. The number of nitrogens with zero attached hydrogens (tertiary/aromatic N) is 2. The number of carbonyl (C=O) groups is 1. The van der Waals surface area contributed by atoms with Gasteiger partial charge >= 0.3 is 12.4 Å². The molecule has 0 aliphatic carbocycles. The topological polar surface area (TPSA) is 42.9 Å².